The minimum atomic E-state index is -1.30. The van der Waals surface area contributed by atoms with Gasteiger partial charge in [0.25, 0.3) is 0 Å². The molecule has 0 unspecified atom stereocenters. The summed E-state index contributed by atoms with van der Waals surface area (Å²) in [6, 6.07) is 2.92. The van der Waals surface area contributed by atoms with Crippen molar-refractivity contribution in [2.24, 2.45) is 0 Å². The Morgan fingerprint density at radius 1 is 1.35 bits per heavy atom. The number of aromatic hydroxyl groups is 1. The summed E-state index contributed by atoms with van der Waals surface area (Å²) >= 11 is 0. The van der Waals surface area contributed by atoms with Crippen LogP contribution in [0.2, 0.25) is 6.32 Å². The van der Waals surface area contributed by atoms with Gasteiger partial charge in [0.2, 0.25) is 0 Å². The molecule has 0 aromatic heterocycles. The van der Waals surface area contributed by atoms with Gasteiger partial charge in [-0.25, -0.2) is 0 Å². The molecule has 138 valence electrons. The Balaban J connectivity index is 1.65. The maximum atomic E-state index is 12.2. The van der Waals surface area contributed by atoms with E-state index in [1.165, 1.54) is 6.07 Å². The number of phenols is 1. The van der Waals surface area contributed by atoms with Crippen molar-refractivity contribution in [2.75, 3.05) is 19.6 Å². The summed E-state index contributed by atoms with van der Waals surface area (Å²) < 4.78 is 16.2. The van der Waals surface area contributed by atoms with Crippen molar-refractivity contribution in [2.45, 2.75) is 37.7 Å². The summed E-state index contributed by atoms with van der Waals surface area (Å²) in [5.74, 6) is -1.55. The SMILES string of the molecule is O=BCCc1ccc(OC2CN(C(=O)[C@@H]3CCCN3)C2)c(C(=O)O)c1O. The molecule has 26 heavy (non-hydrogen) atoms. The van der Waals surface area contributed by atoms with E-state index in [2.05, 4.69) is 5.32 Å². The first-order chi connectivity index (χ1) is 12.5. The van der Waals surface area contributed by atoms with Crippen LogP contribution < -0.4 is 10.1 Å². The van der Waals surface area contributed by atoms with Gasteiger partial charge in [-0.1, -0.05) is 0 Å². The van der Waals surface area contributed by atoms with Crippen LogP contribution in [-0.4, -0.2) is 65.9 Å². The molecule has 0 saturated carbocycles. The molecule has 0 radical (unpaired) electrons. The second-order valence-electron chi connectivity index (χ2n) is 6.59. The van der Waals surface area contributed by atoms with Crippen molar-refractivity contribution in [3.8, 4) is 11.5 Å². The minimum absolute atomic E-state index is 0.0490. The maximum absolute atomic E-state index is 12.2. The molecule has 0 spiro atoms. The topological polar surface area (TPSA) is 116 Å². The average Bonchev–Trinajstić information content (AvgIpc) is 3.10. The summed E-state index contributed by atoms with van der Waals surface area (Å²) in [6.07, 6.45) is 1.97. The second kappa shape index (κ2) is 7.86. The fourth-order valence-corrected chi connectivity index (χ4v) is 3.32. The predicted molar refractivity (Wildman–Crippen MR) is 92.0 cm³/mol. The fourth-order valence-electron chi connectivity index (χ4n) is 3.32. The van der Waals surface area contributed by atoms with Crippen molar-refractivity contribution in [3.05, 3.63) is 23.3 Å². The first-order valence-corrected chi connectivity index (χ1v) is 8.72. The number of nitrogens with zero attached hydrogens (tertiary/aromatic N) is 1. The van der Waals surface area contributed by atoms with Crippen molar-refractivity contribution in [3.63, 3.8) is 0 Å². The van der Waals surface area contributed by atoms with Gasteiger partial charge in [-0.05, 0) is 19.4 Å². The molecule has 0 bridgehead atoms. The first-order valence-electron chi connectivity index (χ1n) is 8.72. The number of hydrogen-bond acceptors (Lipinski definition) is 6. The summed E-state index contributed by atoms with van der Waals surface area (Å²) in [4.78, 5) is 25.5. The molecule has 0 aliphatic carbocycles. The first kappa shape index (κ1) is 18.4. The Bertz CT molecular complexity index is 713. The Kier molecular flexibility index (Phi) is 5.56. The van der Waals surface area contributed by atoms with Gasteiger partial charge < -0.3 is 5.32 Å². The molecule has 3 N–H and O–H groups in total. The number of benzene rings is 1. The summed E-state index contributed by atoms with van der Waals surface area (Å²) in [6.45, 7) is 1.63. The fraction of sp³-hybridized carbons (Fsp3) is 0.529. The summed E-state index contributed by atoms with van der Waals surface area (Å²) in [5, 5.41) is 22.8. The standard InChI is InChI=1S/C17H21BN2O6/c21-15-10(5-6-18-25)3-4-13(14(15)17(23)24)26-11-8-20(9-11)16(22)12-2-1-7-19-12/h3-4,11-12,19,21H,1-2,5-9H2,(H,23,24)/t12-/m0/s1. The van der Waals surface area contributed by atoms with Crippen LogP contribution in [0.15, 0.2) is 12.1 Å². The molecule has 2 fully saturated rings. The van der Waals surface area contributed by atoms with Crippen molar-refractivity contribution < 1.29 is 29.2 Å². The molecule has 2 heterocycles. The molecule has 2 aliphatic rings. The van der Waals surface area contributed by atoms with Crippen LogP contribution in [0.1, 0.15) is 28.8 Å². The molecule has 8 nitrogen and oxygen atoms in total. The Labute approximate surface area is 151 Å². The van der Waals surface area contributed by atoms with Gasteiger partial charge in [-0.3, -0.25) is 0 Å². The number of aryl methyl sites for hydroxylation is 1. The van der Waals surface area contributed by atoms with Crippen molar-refractivity contribution in [1.29, 1.82) is 0 Å². The summed E-state index contributed by atoms with van der Waals surface area (Å²) in [5.41, 5.74) is 0.0789. The average molecular weight is 360 g/mol. The van der Waals surface area contributed by atoms with Gasteiger partial charge in [0.15, 0.2) is 0 Å². The van der Waals surface area contributed by atoms with Gasteiger partial charge in [0.1, 0.15) is 0 Å². The number of ether oxygens (including phenoxy) is 1. The third kappa shape index (κ3) is 3.72. The van der Waals surface area contributed by atoms with Crippen LogP contribution in [0.25, 0.3) is 0 Å². The Morgan fingerprint density at radius 3 is 2.73 bits per heavy atom. The van der Waals surface area contributed by atoms with Crippen LogP contribution in [0.4, 0.5) is 0 Å². The zero-order valence-corrected chi connectivity index (χ0v) is 14.3. The van der Waals surface area contributed by atoms with Gasteiger partial charge in [-0.2, -0.15) is 0 Å². The number of carboxylic acids is 1. The number of hydrogen-bond donors (Lipinski definition) is 3. The number of carboxylic acid groups (broad SMARTS) is 1. The number of amides is 1. The van der Waals surface area contributed by atoms with E-state index in [4.69, 9.17) is 4.74 Å². The monoisotopic (exact) mass is 360 g/mol. The molecule has 2 saturated heterocycles. The van der Waals surface area contributed by atoms with E-state index >= 15 is 0 Å². The number of likely N-dealkylation sites (tertiary alicyclic amines) is 1. The second-order valence-corrected chi connectivity index (χ2v) is 6.59. The van der Waals surface area contributed by atoms with Gasteiger partial charge in [-0.15, -0.1) is 0 Å². The van der Waals surface area contributed by atoms with Crippen molar-refractivity contribution >= 4 is 19.0 Å². The van der Waals surface area contributed by atoms with E-state index in [0.29, 0.717) is 25.8 Å². The van der Waals surface area contributed by atoms with Crippen LogP contribution in [0.5, 0.6) is 11.5 Å². The van der Waals surface area contributed by atoms with Gasteiger partial charge in [0, 0.05) is 0 Å². The van der Waals surface area contributed by atoms with Crippen LogP contribution >= 0.6 is 0 Å². The molecule has 1 atom stereocenters. The van der Waals surface area contributed by atoms with E-state index in [-0.39, 0.29) is 47.9 Å². The Hall–Kier alpha value is -2.42. The predicted octanol–water partition coefficient (Wildman–Crippen LogP) is 0.442. The molecule has 1 aromatic rings. The molecular formula is C17H21BN2O6. The molecule has 9 heteroatoms. The summed E-state index contributed by atoms with van der Waals surface area (Å²) in [7, 11) is 0.712. The number of carbonyl (C=O) groups is 2. The molecule has 1 aromatic carbocycles. The normalized spacial score (nSPS) is 19.7. The van der Waals surface area contributed by atoms with Crippen LogP contribution in [0, 0.1) is 0 Å². The molecule has 3 rings (SSSR count). The molecule has 1 amide bonds. The quantitative estimate of drug-likeness (QED) is 0.604. The van der Waals surface area contributed by atoms with Gasteiger partial charge in [0.05, 0.1) is 0 Å². The van der Waals surface area contributed by atoms with E-state index < -0.39 is 5.97 Å². The van der Waals surface area contributed by atoms with E-state index in [1.54, 1.807) is 11.0 Å². The number of rotatable bonds is 7. The van der Waals surface area contributed by atoms with Crippen LogP contribution in [0.3, 0.4) is 0 Å². The Morgan fingerprint density at radius 2 is 2.12 bits per heavy atom. The number of aromatic carboxylic acids is 1. The van der Waals surface area contributed by atoms with E-state index in [0.717, 1.165) is 19.4 Å². The van der Waals surface area contributed by atoms with E-state index in [9.17, 15) is 24.5 Å². The van der Waals surface area contributed by atoms with E-state index in [1.807, 2.05) is 0 Å². The van der Waals surface area contributed by atoms with Crippen LogP contribution in [-0.2, 0) is 15.9 Å². The third-order valence-electron chi connectivity index (χ3n) is 4.78. The number of nitrogens with one attached hydrogen (secondary N) is 1. The number of carbonyl (C=O) groups excluding carboxylic acids is 1. The van der Waals surface area contributed by atoms with Crippen molar-refractivity contribution in [1.82, 2.24) is 10.2 Å². The molecule has 2 aliphatic heterocycles. The molecular weight excluding hydrogens is 339 g/mol. The third-order valence-corrected chi connectivity index (χ3v) is 4.78. The van der Waals surface area contributed by atoms with Gasteiger partial charge >= 0.3 is 126 Å². The zero-order valence-electron chi connectivity index (χ0n) is 14.3. The zero-order chi connectivity index (χ0) is 18.7.